The average Bonchev–Trinajstić information content (AvgIpc) is 3.08. The SMILES string of the molecule is Cc1nnc(C(C)(O)C#Cc2cccc(B3OC(C)(C)C(C)(C)O3)c2)o1. The molecule has 7 heteroatoms. The van der Waals surface area contributed by atoms with Crippen LogP contribution in [0, 0.1) is 18.8 Å². The lowest BCUT2D eigenvalue weighted by Crippen LogP contribution is -2.41. The van der Waals surface area contributed by atoms with Crippen molar-refractivity contribution >= 4 is 12.6 Å². The van der Waals surface area contributed by atoms with Crippen molar-refractivity contribution in [3.8, 4) is 11.8 Å². The number of rotatable bonds is 2. The maximum atomic E-state index is 10.5. The van der Waals surface area contributed by atoms with E-state index in [-0.39, 0.29) is 5.89 Å². The molecule has 6 nitrogen and oxygen atoms in total. The molecule has 1 atom stereocenters. The molecular formula is C19H23BN2O4. The highest BCUT2D eigenvalue weighted by Gasteiger charge is 2.51. The summed E-state index contributed by atoms with van der Waals surface area (Å²) in [4.78, 5) is 0. The molecule has 26 heavy (non-hydrogen) atoms. The molecule has 0 bridgehead atoms. The van der Waals surface area contributed by atoms with E-state index in [9.17, 15) is 5.11 Å². The Morgan fingerprint density at radius 1 is 1.12 bits per heavy atom. The number of aryl methyl sites for hydroxylation is 1. The third-order valence-electron chi connectivity index (χ3n) is 4.80. The van der Waals surface area contributed by atoms with Crippen LogP contribution in [0.2, 0.25) is 0 Å². The summed E-state index contributed by atoms with van der Waals surface area (Å²) >= 11 is 0. The lowest BCUT2D eigenvalue weighted by Gasteiger charge is -2.32. The van der Waals surface area contributed by atoms with Crippen molar-refractivity contribution in [1.29, 1.82) is 0 Å². The van der Waals surface area contributed by atoms with E-state index in [1.165, 1.54) is 6.92 Å². The number of aromatic nitrogens is 2. The molecule has 1 aliphatic rings. The van der Waals surface area contributed by atoms with E-state index < -0.39 is 23.9 Å². The van der Waals surface area contributed by atoms with Gasteiger partial charge in [0.05, 0.1) is 11.2 Å². The van der Waals surface area contributed by atoms with Crippen LogP contribution < -0.4 is 5.46 Å². The molecule has 0 saturated carbocycles. The molecule has 136 valence electrons. The Hall–Kier alpha value is -2.14. The van der Waals surface area contributed by atoms with E-state index in [4.69, 9.17) is 13.7 Å². The van der Waals surface area contributed by atoms with E-state index in [1.54, 1.807) is 6.92 Å². The molecule has 1 aromatic carbocycles. The summed E-state index contributed by atoms with van der Waals surface area (Å²) in [6, 6.07) is 7.57. The van der Waals surface area contributed by atoms with Crippen molar-refractivity contribution < 1.29 is 18.8 Å². The van der Waals surface area contributed by atoms with Crippen molar-refractivity contribution in [3.05, 3.63) is 41.6 Å². The van der Waals surface area contributed by atoms with E-state index in [0.717, 1.165) is 11.0 Å². The van der Waals surface area contributed by atoms with Crippen molar-refractivity contribution in [1.82, 2.24) is 10.2 Å². The van der Waals surface area contributed by atoms with Crippen molar-refractivity contribution in [2.45, 2.75) is 58.3 Å². The van der Waals surface area contributed by atoms with Gasteiger partial charge in [-0.25, -0.2) is 0 Å². The van der Waals surface area contributed by atoms with Gasteiger partial charge in [0, 0.05) is 12.5 Å². The van der Waals surface area contributed by atoms with Crippen molar-refractivity contribution in [2.75, 3.05) is 0 Å². The molecule has 1 saturated heterocycles. The summed E-state index contributed by atoms with van der Waals surface area (Å²) in [6.07, 6.45) is 0. The zero-order valence-corrected chi connectivity index (χ0v) is 16.0. The van der Waals surface area contributed by atoms with Gasteiger partial charge in [-0.3, -0.25) is 0 Å². The highest BCUT2D eigenvalue weighted by atomic mass is 16.7. The molecule has 2 aromatic rings. The first-order valence-corrected chi connectivity index (χ1v) is 8.52. The minimum atomic E-state index is -1.53. The van der Waals surface area contributed by atoms with Gasteiger partial charge in [0.15, 0.2) is 0 Å². The van der Waals surface area contributed by atoms with Gasteiger partial charge < -0.3 is 18.8 Å². The largest absolute Gasteiger partial charge is 0.494 e. The van der Waals surface area contributed by atoms with Gasteiger partial charge in [-0.1, -0.05) is 24.0 Å². The Bertz CT molecular complexity index is 861. The van der Waals surface area contributed by atoms with Gasteiger partial charge in [0.25, 0.3) is 5.89 Å². The number of aliphatic hydroxyl groups is 1. The van der Waals surface area contributed by atoms with Crippen molar-refractivity contribution in [3.63, 3.8) is 0 Å². The molecule has 1 aliphatic heterocycles. The van der Waals surface area contributed by atoms with Crippen LogP contribution in [0.5, 0.6) is 0 Å². The first-order valence-electron chi connectivity index (χ1n) is 8.52. The first-order chi connectivity index (χ1) is 12.0. The van der Waals surface area contributed by atoms with E-state index in [0.29, 0.717) is 5.89 Å². The minimum absolute atomic E-state index is 0.0737. The molecule has 0 amide bonds. The van der Waals surface area contributed by atoms with Gasteiger partial charge >= 0.3 is 7.12 Å². The lowest BCUT2D eigenvalue weighted by molar-refractivity contribution is 0.00578. The third-order valence-corrected chi connectivity index (χ3v) is 4.80. The minimum Gasteiger partial charge on any atom is -0.421 e. The molecule has 0 radical (unpaired) electrons. The quantitative estimate of drug-likeness (QED) is 0.656. The average molecular weight is 354 g/mol. The zero-order valence-electron chi connectivity index (χ0n) is 16.0. The predicted octanol–water partition coefficient (Wildman–Crippen LogP) is 1.94. The normalized spacial score (nSPS) is 20.3. The van der Waals surface area contributed by atoms with E-state index in [2.05, 4.69) is 22.0 Å². The topological polar surface area (TPSA) is 77.6 Å². The van der Waals surface area contributed by atoms with Gasteiger partial charge in [-0.2, -0.15) is 0 Å². The number of hydrogen-bond acceptors (Lipinski definition) is 6. The van der Waals surface area contributed by atoms with Crippen LogP contribution in [0.3, 0.4) is 0 Å². The Morgan fingerprint density at radius 3 is 2.35 bits per heavy atom. The Kier molecular flexibility index (Phi) is 4.47. The summed E-state index contributed by atoms with van der Waals surface area (Å²) in [7, 11) is -0.458. The maximum Gasteiger partial charge on any atom is 0.494 e. The van der Waals surface area contributed by atoms with Gasteiger partial charge in [0.2, 0.25) is 11.5 Å². The van der Waals surface area contributed by atoms with Crippen molar-refractivity contribution in [2.24, 2.45) is 0 Å². The molecule has 3 rings (SSSR count). The van der Waals surface area contributed by atoms with Gasteiger partial charge in [-0.15, -0.1) is 10.2 Å². The van der Waals surface area contributed by atoms with Gasteiger partial charge in [0.1, 0.15) is 0 Å². The monoisotopic (exact) mass is 354 g/mol. The lowest BCUT2D eigenvalue weighted by atomic mass is 9.78. The number of hydrogen-bond donors (Lipinski definition) is 1. The Labute approximate surface area is 154 Å². The van der Waals surface area contributed by atoms with Crippen LogP contribution in [-0.4, -0.2) is 33.6 Å². The van der Waals surface area contributed by atoms with Crippen LogP contribution in [0.25, 0.3) is 0 Å². The fourth-order valence-electron chi connectivity index (χ4n) is 2.48. The molecule has 2 heterocycles. The van der Waals surface area contributed by atoms with Gasteiger partial charge in [-0.05, 0) is 52.2 Å². The smallest absolute Gasteiger partial charge is 0.421 e. The number of nitrogens with zero attached hydrogens (tertiary/aromatic N) is 2. The molecule has 1 unspecified atom stereocenters. The Balaban J connectivity index is 1.84. The molecule has 1 aromatic heterocycles. The molecule has 1 N–H and O–H groups in total. The molecular weight excluding hydrogens is 331 g/mol. The fourth-order valence-corrected chi connectivity index (χ4v) is 2.48. The predicted molar refractivity (Wildman–Crippen MR) is 97.6 cm³/mol. The first kappa shape index (κ1) is 18.6. The standard InChI is InChI=1S/C19H23BN2O4/c1-13-21-22-16(24-13)19(6,23)11-10-14-8-7-9-15(12-14)20-25-17(2,3)18(4,5)26-20/h7-9,12,23H,1-6H3. The zero-order chi connectivity index (χ0) is 19.2. The third kappa shape index (κ3) is 3.54. The Morgan fingerprint density at radius 2 is 1.77 bits per heavy atom. The second-order valence-electron chi connectivity index (χ2n) is 7.66. The van der Waals surface area contributed by atoms with E-state index >= 15 is 0 Å². The molecule has 0 aliphatic carbocycles. The summed E-state index contributed by atoms with van der Waals surface area (Å²) in [5.74, 6) is 6.20. The highest BCUT2D eigenvalue weighted by Crippen LogP contribution is 2.36. The maximum absolute atomic E-state index is 10.5. The summed E-state index contributed by atoms with van der Waals surface area (Å²) in [5, 5.41) is 18.0. The molecule has 1 fully saturated rings. The second kappa shape index (κ2) is 6.24. The highest BCUT2D eigenvalue weighted by molar-refractivity contribution is 6.62. The van der Waals surface area contributed by atoms with Crippen LogP contribution in [0.15, 0.2) is 28.7 Å². The molecule has 0 spiro atoms. The number of benzene rings is 1. The van der Waals surface area contributed by atoms with Crippen LogP contribution in [-0.2, 0) is 14.9 Å². The van der Waals surface area contributed by atoms with Crippen LogP contribution in [0.1, 0.15) is 52.0 Å². The summed E-state index contributed by atoms with van der Waals surface area (Å²) in [6.45, 7) is 11.2. The van der Waals surface area contributed by atoms with Crippen LogP contribution >= 0.6 is 0 Å². The summed E-state index contributed by atoms with van der Waals surface area (Å²) < 4.78 is 17.4. The summed E-state index contributed by atoms with van der Waals surface area (Å²) in [5.41, 5.74) is -0.725. The second-order valence-corrected chi connectivity index (χ2v) is 7.66. The fraction of sp³-hybridized carbons (Fsp3) is 0.474. The van der Waals surface area contributed by atoms with E-state index in [1.807, 2.05) is 52.0 Å². The van der Waals surface area contributed by atoms with Crippen LogP contribution in [0.4, 0.5) is 0 Å².